The molecule has 0 aliphatic carbocycles. The van der Waals surface area contributed by atoms with Gasteiger partial charge in [0.05, 0.1) is 32.5 Å². The molecule has 15 aromatic rings. The van der Waals surface area contributed by atoms with E-state index in [0.29, 0.717) is 79.5 Å². The molecule has 5 aromatic carbocycles. The van der Waals surface area contributed by atoms with E-state index in [2.05, 4.69) is 135 Å². The number of benzene rings is 5. The van der Waals surface area contributed by atoms with Crippen LogP contribution in [0.1, 0.15) is 30.5 Å². The highest BCUT2D eigenvalue weighted by atomic mass is 79.9. The van der Waals surface area contributed by atoms with Crippen LogP contribution in [0.25, 0.3) is 75.3 Å². The van der Waals surface area contributed by atoms with Crippen molar-refractivity contribution in [1.82, 2.24) is 47.5 Å². The second-order valence-electron chi connectivity index (χ2n) is 22.7. The maximum absolute atomic E-state index is 8.72. The lowest BCUT2D eigenvalue weighted by Crippen LogP contribution is -2.30. The molecule has 0 amide bonds. The number of rotatable bonds is 7. The zero-order valence-electron chi connectivity index (χ0n) is 57.7. The van der Waals surface area contributed by atoms with Crippen LogP contribution < -0.4 is 22.4 Å². The molecule has 0 bridgehead atoms. The minimum atomic E-state index is -1.54. The fourth-order valence-electron chi connectivity index (χ4n) is 10.1. The molecule has 0 spiro atoms. The van der Waals surface area contributed by atoms with Crippen molar-refractivity contribution in [2.24, 2.45) is 0 Å². The largest absolute Gasteiger partial charge is 0.489 e. The van der Waals surface area contributed by atoms with E-state index in [0.717, 1.165) is 83.5 Å². The normalized spacial score (nSPS) is 10.2. The summed E-state index contributed by atoms with van der Waals surface area (Å²) >= 11 is 57.8. The maximum atomic E-state index is 8.72. The Balaban J connectivity index is 0.000000161. The van der Waals surface area contributed by atoms with E-state index in [1.807, 2.05) is 91.9 Å². The summed E-state index contributed by atoms with van der Waals surface area (Å²) < 4.78 is 10.1. The van der Waals surface area contributed by atoms with Crippen LogP contribution in [-0.2, 0) is 12.8 Å². The van der Waals surface area contributed by atoms with Gasteiger partial charge in [-0.1, -0.05) is 193 Å². The molecule has 552 valence electrons. The summed E-state index contributed by atoms with van der Waals surface area (Å²) in [5.41, 5.74) is 26.2. The van der Waals surface area contributed by atoms with Crippen molar-refractivity contribution < 1.29 is 20.1 Å². The number of imidazole rings is 4. The molecule has 15 rings (SSSR count). The van der Waals surface area contributed by atoms with Gasteiger partial charge >= 0.3 is 14.2 Å². The molecule has 10 heterocycles. The summed E-state index contributed by atoms with van der Waals surface area (Å²) in [5, 5.41) is 39.3. The molecular formula is C77H57B2Br3Cl8N16O4. The second kappa shape index (κ2) is 41.5. The van der Waals surface area contributed by atoms with Crippen LogP contribution in [0, 0.1) is 33.2 Å². The predicted molar refractivity (Wildman–Crippen MR) is 459 cm³/mol. The number of nitrogens with two attached hydrogens (primary N) is 2. The Morgan fingerprint density at radius 3 is 1.34 bits per heavy atom. The van der Waals surface area contributed by atoms with Crippen molar-refractivity contribution in [1.29, 1.82) is 0 Å². The maximum Gasteiger partial charge on any atom is 0.489 e. The van der Waals surface area contributed by atoms with Crippen molar-refractivity contribution in [2.45, 2.75) is 33.6 Å². The number of anilines is 2. The lowest BCUT2D eigenvalue weighted by molar-refractivity contribution is 0.424. The Hall–Kier alpha value is -9.55. The molecule has 20 nitrogen and oxygen atoms in total. The van der Waals surface area contributed by atoms with Gasteiger partial charge in [0, 0.05) is 157 Å². The summed E-state index contributed by atoms with van der Waals surface area (Å²) in [4.78, 5) is 37.7. The topological polar surface area (TPSA) is 245 Å². The molecule has 0 radical (unpaired) electrons. The molecule has 10 aromatic heterocycles. The third-order valence-corrected chi connectivity index (χ3v) is 19.4. The van der Waals surface area contributed by atoms with Crippen molar-refractivity contribution in [3.63, 3.8) is 0 Å². The Morgan fingerprint density at radius 1 is 0.418 bits per heavy atom. The number of nitrogens with zero attached hydrogens (tertiary/aromatic N) is 14. The van der Waals surface area contributed by atoms with Gasteiger partial charge in [0.25, 0.3) is 0 Å². The van der Waals surface area contributed by atoms with Gasteiger partial charge < -0.3 is 44.8 Å². The molecule has 33 heteroatoms. The van der Waals surface area contributed by atoms with Crippen LogP contribution in [0.4, 0.5) is 34.4 Å². The molecule has 8 N–H and O–H groups in total. The van der Waals surface area contributed by atoms with E-state index in [1.165, 1.54) is 47.8 Å². The standard InChI is InChI=1S/C15H11BrCl2N2.C15H12Cl2N2.C14H7Cl2N3.C8H4BrN3.C7H9BO2.C6H5BCl2O2.C6H4BrN3.C6H5N3/c1-2-9-5-15-19-7-14(16)20(15)8-12(9)11-4-3-10(17)6-13(11)18;1-2-10-7-15-18-5-6-19(15)9-13(10)12-4-3-11(16)8-14(12)17;1-17-13-7-14-18-4-5-19(14)8-11(13)10-3-2-9(15)6-12(10)16;1-10-7-4-8-11-2-3-12(8)5-6(7)9;1-6-3-2-4-7(5-6)8(9)10;8-4-1-2-5(7(10)11)6(9)3-4;1-9-5-2-6(8)10-3-4(5)7;1-8-5-2-3-9-6(7)4-5/h3-8H,2H2,1H3;3-9H,2H2,1H3;2-8H;2-5H;2-5,9-10H,1H3;1-3,10-11H;2-3H,(H2,8,10);2-4H,(H2,7,9). The van der Waals surface area contributed by atoms with Gasteiger partial charge in [-0.05, 0) is 149 Å². The van der Waals surface area contributed by atoms with Crippen LogP contribution in [0.5, 0.6) is 0 Å². The smallest absolute Gasteiger partial charge is 0.423 e. The lowest BCUT2D eigenvalue weighted by Gasteiger charge is -2.11. The van der Waals surface area contributed by atoms with Crippen molar-refractivity contribution in [3.05, 3.63) is 336 Å². The van der Waals surface area contributed by atoms with E-state index in [4.69, 9.17) is 151 Å². The molecule has 0 fully saturated rings. The molecule has 0 saturated carbocycles. The van der Waals surface area contributed by atoms with Crippen LogP contribution in [-0.4, -0.2) is 81.8 Å². The molecule has 0 unspecified atom stereocenters. The summed E-state index contributed by atoms with van der Waals surface area (Å²) in [6, 6.07) is 40.4. The zero-order chi connectivity index (χ0) is 79.9. The number of aromatic nitrogens is 10. The van der Waals surface area contributed by atoms with Crippen molar-refractivity contribution in [3.8, 4) is 33.4 Å². The fraction of sp³-hybridized carbons (Fsp3) is 0.0649. The molecule has 0 aliphatic heterocycles. The third kappa shape index (κ3) is 23.7. The Kier molecular flexibility index (Phi) is 32.4. The highest BCUT2D eigenvalue weighted by Crippen LogP contribution is 2.39. The Labute approximate surface area is 698 Å². The molecule has 0 saturated heterocycles. The second-order valence-corrected chi connectivity index (χ2v) is 28.6. The van der Waals surface area contributed by atoms with Gasteiger partial charge in [0.1, 0.15) is 38.8 Å². The average molecular weight is 1820 g/mol. The molecule has 0 aliphatic rings. The summed E-state index contributed by atoms with van der Waals surface area (Å²) in [6.45, 7) is 33.6. The minimum Gasteiger partial charge on any atom is -0.423 e. The van der Waals surface area contributed by atoms with E-state index in [1.54, 1.807) is 91.5 Å². The van der Waals surface area contributed by atoms with Gasteiger partial charge in [0.15, 0.2) is 11.4 Å². The number of fused-ring (bicyclic) bond motifs is 4. The third-order valence-electron chi connectivity index (χ3n) is 15.4. The zero-order valence-corrected chi connectivity index (χ0v) is 68.5. The summed E-state index contributed by atoms with van der Waals surface area (Å²) in [7, 11) is -2.89. The van der Waals surface area contributed by atoms with Gasteiger partial charge in [0.2, 0.25) is 11.4 Å². The molecule has 110 heavy (non-hydrogen) atoms. The average Bonchev–Trinajstić information content (AvgIpc) is 1.45. The van der Waals surface area contributed by atoms with Crippen LogP contribution >= 0.6 is 141 Å². The quantitative estimate of drug-likeness (QED) is 0.0644. The van der Waals surface area contributed by atoms with Gasteiger partial charge in [-0.15, -0.1) is 0 Å². The van der Waals surface area contributed by atoms with E-state index < -0.39 is 14.2 Å². The van der Waals surface area contributed by atoms with E-state index >= 15 is 0 Å². The summed E-state index contributed by atoms with van der Waals surface area (Å²) in [5.74, 6) is 0.762. The first-order valence-electron chi connectivity index (χ1n) is 32.1. The predicted octanol–water partition coefficient (Wildman–Crippen LogP) is 21.5. The fourth-order valence-corrected chi connectivity index (χ4v) is 13.2. The lowest BCUT2D eigenvalue weighted by atomic mass is 9.80. The first kappa shape index (κ1) is 86.0. The van der Waals surface area contributed by atoms with Crippen molar-refractivity contribution >= 4 is 223 Å². The van der Waals surface area contributed by atoms with Crippen LogP contribution in [0.2, 0.25) is 40.2 Å². The first-order chi connectivity index (χ1) is 52.6. The molecular weight excluding hydrogens is 1760 g/mol. The number of hydrogen-bond acceptors (Lipinski definition) is 12. The highest BCUT2D eigenvalue weighted by molar-refractivity contribution is 9.11. The van der Waals surface area contributed by atoms with E-state index in [-0.39, 0.29) is 10.5 Å². The number of halogens is 11. The minimum absolute atomic E-state index is 0.257. The number of aryl methyl sites for hydroxylation is 3. The van der Waals surface area contributed by atoms with Crippen LogP contribution in [0.3, 0.4) is 0 Å². The van der Waals surface area contributed by atoms with Gasteiger partial charge in [-0.3, -0.25) is 4.40 Å². The van der Waals surface area contributed by atoms with E-state index in [9.17, 15) is 0 Å². The molecule has 0 atom stereocenters. The van der Waals surface area contributed by atoms with Gasteiger partial charge in [-0.2, -0.15) is 0 Å². The number of pyridine rings is 6. The monoisotopic (exact) mass is 1810 g/mol. The van der Waals surface area contributed by atoms with Crippen LogP contribution in [0.15, 0.2) is 234 Å². The number of hydrogen-bond donors (Lipinski definition) is 6. The Bertz CT molecular complexity index is 5940. The first-order valence-corrected chi connectivity index (χ1v) is 37.5. The summed E-state index contributed by atoms with van der Waals surface area (Å²) in [6.07, 6.45) is 25.3. The Morgan fingerprint density at radius 2 is 0.882 bits per heavy atom. The van der Waals surface area contributed by atoms with Crippen molar-refractivity contribution in [2.75, 3.05) is 11.5 Å². The highest BCUT2D eigenvalue weighted by Gasteiger charge is 2.17. The SMILES string of the molecule is CCc1cc2ncc(Br)n2cc1-c1ccc(Cl)cc1Cl.CCc1cc2nccn2cc1-c1ccc(Cl)cc1Cl.Cc1cccc(B(O)O)c1.OB(O)c1ccc(Cl)cc1Cl.[C-]#[N+]c1cc(N)ncc1Br.[C-]#[N+]c1cc2nccn2cc1-c1ccc(Cl)cc1Cl.[C-]#[N+]c1cc2nccn2cc1Br.[C-]#[N+]c1ccnc(N)c1. The number of nitrogen functional groups attached to an aromatic ring is 2. The van der Waals surface area contributed by atoms with Gasteiger partial charge in [-0.25, -0.2) is 49.3 Å².